The van der Waals surface area contributed by atoms with Gasteiger partial charge in [-0.3, -0.25) is 4.79 Å². The monoisotopic (exact) mass is 208 g/mol. The summed E-state index contributed by atoms with van der Waals surface area (Å²) in [5.41, 5.74) is 0.683. The second kappa shape index (κ2) is 5.14. The zero-order valence-corrected chi connectivity index (χ0v) is 8.65. The van der Waals surface area contributed by atoms with E-state index in [0.29, 0.717) is 29.8 Å². The van der Waals surface area contributed by atoms with Crippen molar-refractivity contribution in [1.29, 1.82) is 0 Å². The molecule has 0 amide bonds. The van der Waals surface area contributed by atoms with E-state index in [1.165, 1.54) is 13.2 Å². The molecule has 0 fully saturated rings. The Bertz CT molecular complexity index is 371. The van der Waals surface area contributed by atoms with Gasteiger partial charge in [-0.25, -0.2) is 4.79 Å². The second-order valence-electron chi connectivity index (χ2n) is 2.80. The molecule has 0 radical (unpaired) electrons. The molecule has 0 unspecified atom stereocenters. The lowest BCUT2D eigenvalue weighted by atomic mass is 10.1. The van der Waals surface area contributed by atoms with Crippen LogP contribution in [0, 0.1) is 0 Å². The fourth-order valence-electron chi connectivity index (χ4n) is 1.17. The lowest BCUT2D eigenvalue weighted by Gasteiger charge is -2.05. The summed E-state index contributed by atoms with van der Waals surface area (Å²) in [6.07, 6.45) is 0.640. The zero-order chi connectivity index (χ0) is 11.3. The molecule has 1 rings (SSSR count). The van der Waals surface area contributed by atoms with Gasteiger partial charge in [0, 0.05) is 0 Å². The normalized spacial score (nSPS) is 9.47. The van der Waals surface area contributed by atoms with Crippen molar-refractivity contribution in [2.24, 2.45) is 0 Å². The first-order valence-electron chi connectivity index (χ1n) is 4.53. The molecule has 0 bridgehead atoms. The van der Waals surface area contributed by atoms with Gasteiger partial charge < -0.3 is 9.47 Å². The van der Waals surface area contributed by atoms with Gasteiger partial charge in [-0.15, -0.1) is 0 Å². The van der Waals surface area contributed by atoms with Crippen LogP contribution >= 0.6 is 0 Å². The molecule has 1 aromatic rings. The van der Waals surface area contributed by atoms with E-state index < -0.39 is 5.97 Å². The maximum absolute atomic E-state index is 11.3. The van der Waals surface area contributed by atoms with Crippen molar-refractivity contribution in [2.75, 3.05) is 13.7 Å². The molecule has 0 spiro atoms. The van der Waals surface area contributed by atoms with Crippen LogP contribution in [-0.4, -0.2) is 26.0 Å². The number of hydrogen-bond donors (Lipinski definition) is 0. The van der Waals surface area contributed by atoms with E-state index in [1.807, 2.05) is 0 Å². The van der Waals surface area contributed by atoms with Crippen LogP contribution in [0.15, 0.2) is 18.2 Å². The fraction of sp³-hybridized carbons (Fsp3) is 0.273. The van der Waals surface area contributed by atoms with Crippen molar-refractivity contribution in [3.8, 4) is 5.75 Å². The summed E-state index contributed by atoms with van der Waals surface area (Å²) < 4.78 is 9.75. The lowest BCUT2D eigenvalue weighted by molar-refractivity contribution is 0.0526. The van der Waals surface area contributed by atoms with Crippen molar-refractivity contribution in [2.45, 2.75) is 6.92 Å². The topological polar surface area (TPSA) is 52.6 Å². The maximum atomic E-state index is 11.3. The van der Waals surface area contributed by atoms with Crippen LogP contribution in [-0.2, 0) is 4.74 Å². The third kappa shape index (κ3) is 2.56. The number of hydrogen-bond acceptors (Lipinski definition) is 4. The number of methoxy groups -OCH3 is 1. The molecule has 0 saturated heterocycles. The van der Waals surface area contributed by atoms with Gasteiger partial charge in [0.1, 0.15) is 5.75 Å². The molecule has 0 atom stereocenters. The van der Waals surface area contributed by atoms with Crippen LogP contribution in [0.4, 0.5) is 0 Å². The molecule has 0 aliphatic heterocycles. The highest BCUT2D eigenvalue weighted by Gasteiger charge is 2.09. The zero-order valence-electron chi connectivity index (χ0n) is 8.65. The van der Waals surface area contributed by atoms with Crippen molar-refractivity contribution in [1.82, 2.24) is 0 Å². The number of carbonyl (C=O) groups is 2. The summed E-state index contributed by atoms with van der Waals surface area (Å²) in [6.45, 7) is 2.03. The summed E-state index contributed by atoms with van der Waals surface area (Å²) in [4.78, 5) is 22.0. The molecule has 4 nitrogen and oxygen atoms in total. The van der Waals surface area contributed by atoms with Gasteiger partial charge in [0.15, 0.2) is 6.29 Å². The molecule has 0 aromatic heterocycles. The molecule has 1 aromatic carbocycles. The Hall–Kier alpha value is -1.84. The largest absolute Gasteiger partial charge is 0.496 e. The Balaban J connectivity index is 3.02. The Kier molecular flexibility index (Phi) is 3.85. The van der Waals surface area contributed by atoms with E-state index in [1.54, 1.807) is 19.1 Å². The SMILES string of the molecule is CCOC(=O)c1ccc(OC)c(C=O)c1. The molecule has 0 N–H and O–H groups in total. The smallest absolute Gasteiger partial charge is 0.338 e. The van der Waals surface area contributed by atoms with Gasteiger partial charge in [-0.2, -0.15) is 0 Å². The number of rotatable bonds is 4. The molecule has 4 heteroatoms. The minimum absolute atomic E-state index is 0.307. The van der Waals surface area contributed by atoms with Crippen LogP contribution in [0.2, 0.25) is 0 Å². The Labute approximate surface area is 87.8 Å². The van der Waals surface area contributed by atoms with Crippen molar-refractivity contribution in [3.05, 3.63) is 29.3 Å². The van der Waals surface area contributed by atoms with Crippen LogP contribution in [0.25, 0.3) is 0 Å². The fourth-order valence-corrected chi connectivity index (χ4v) is 1.17. The Morgan fingerprint density at radius 2 is 2.20 bits per heavy atom. The molecule has 0 aliphatic rings. The summed E-state index contributed by atoms with van der Waals surface area (Å²) in [7, 11) is 1.46. The van der Waals surface area contributed by atoms with E-state index in [-0.39, 0.29) is 0 Å². The molecule has 80 valence electrons. The molecular formula is C11H12O4. The number of carbonyl (C=O) groups excluding carboxylic acids is 2. The lowest BCUT2D eigenvalue weighted by Crippen LogP contribution is -2.05. The van der Waals surface area contributed by atoms with Gasteiger partial charge in [0.2, 0.25) is 0 Å². The van der Waals surface area contributed by atoms with E-state index >= 15 is 0 Å². The van der Waals surface area contributed by atoms with Crippen LogP contribution in [0.1, 0.15) is 27.6 Å². The highest BCUT2D eigenvalue weighted by Crippen LogP contribution is 2.18. The predicted molar refractivity (Wildman–Crippen MR) is 54.3 cm³/mol. The molecule has 0 heterocycles. The van der Waals surface area contributed by atoms with Gasteiger partial charge in [-0.1, -0.05) is 0 Å². The highest BCUT2D eigenvalue weighted by atomic mass is 16.5. The molecule has 0 saturated carbocycles. The summed E-state index contributed by atoms with van der Waals surface area (Å²) in [5.74, 6) is 0.00121. The molecular weight excluding hydrogens is 196 g/mol. The summed E-state index contributed by atoms with van der Waals surface area (Å²) in [5, 5.41) is 0. The standard InChI is InChI=1S/C11H12O4/c1-3-15-11(13)8-4-5-10(14-2)9(6-8)7-12/h4-7H,3H2,1-2H3. The van der Waals surface area contributed by atoms with E-state index in [0.717, 1.165) is 0 Å². The first-order valence-corrected chi connectivity index (χ1v) is 4.53. The van der Waals surface area contributed by atoms with Crippen molar-refractivity contribution < 1.29 is 19.1 Å². The van der Waals surface area contributed by atoms with Crippen molar-refractivity contribution >= 4 is 12.3 Å². The van der Waals surface area contributed by atoms with Gasteiger partial charge in [0.25, 0.3) is 0 Å². The van der Waals surface area contributed by atoms with Crippen LogP contribution < -0.4 is 4.74 Å². The number of benzene rings is 1. The van der Waals surface area contributed by atoms with Gasteiger partial charge in [-0.05, 0) is 25.1 Å². The average Bonchev–Trinajstić information content (AvgIpc) is 2.28. The summed E-state index contributed by atoms with van der Waals surface area (Å²) in [6, 6.07) is 4.57. The number of esters is 1. The van der Waals surface area contributed by atoms with Crippen molar-refractivity contribution in [3.63, 3.8) is 0 Å². The summed E-state index contributed by atoms with van der Waals surface area (Å²) >= 11 is 0. The third-order valence-corrected chi connectivity index (χ3v) is 1.87. The molecule has 15 heavy (non-hydrogen) atoms. The average molecular weight is 208 g/mol. The Morgan fingerprint density at radius 3 is 2.73 bits per heavy atom. The van der Waals surface area contributed by atoms with Crippen LogP contribution in [0.5, 0.6) is 5.75 Å². The quantitative estimate of drug-likeness (QED) is 0.558. The Morgan fingerprint density at radius 1 is 1.47 bits per heavy atom. The van der Waals surface area contributed by atoms with E-state index in [4.69, 9.17) is 9.47 Å². The number of aldehydes is 1. The molecule has 0 aliphatic carbocycles. The number of ether oxygens (including phenoxy) is 2. The van der Waals surface area contributed by atoms with Gasteiger partial charge in [0.05, 0.1) is 24.8 Å². The minimum Gasteiger partial charge on any atom is -0.496 e. The predicted octanol–water partition coefficient (Wildman–Crippen LogP) is 1.68. The highest BCUT2D eigenvalue weighted by molar-refractivity contribution is 5.92. The van der Waals surface area contributed by atoms with Gasteiger partial charge >= 0.3 is 5.97 Å². The van der Waals surface area contributed by atoms with E-state index in [9.17, 15) is 9.59 Å². The minimum atomic E-state index is -0.441. The second-order valence-corrected chi connectivity index (χ2v) is 2.80. The van der Waals surface area contributed by atoms with Crippen LogP contribution in [0.3, 0.4) is 0 Å². The first-order chi connectivity index (χ1) is 7.22. The first kappa shape index (κ1) is 11.2. The maximum Gasteiger partial charge on any atom is 0.338 e. The van der Waals surface area contributed by atoms with E-state index in [2.05, 4.69) is 0 Å². The third-order valence-electron chi connectivity index (χ3n) is 1.87.